The maximum Gasteiger partial charge on any atom is 0.363 e. The number of methoxy groups -OCH3 is 3. The van der Waals surface area contributed by atoms with Gasteiger partial charge in [-0.3, -0.25) is 0 Å². The van der Waals surface area contributed by atoms with Gasteiger partial charge in [-0.2, -0.15) is 0 Å². The van der Waals surface area contributed by atoms with E-state index in [1.54, 1.807) is 32.4 Å². The fourth-order valence-electron chi connectivity index (χ4n) is 2.89. The van der Waals surface area contributed by atoms with E-state index in [-0.39, 0.29) is 11.6 Å². The minimum atomic E-state index is -0.449. The van der Waals surface area contributed by atoms with Crippen LogP contribution in [0.25, 0.3) is 6.08 Å². The van der Waals surface area contributed by atoms with Crippen molar-refractivity contribution in [2.24, 2.45) is 10.9 Å². The summed E-state index contributed by atoms with van der Waals surface area (Å²) in [5.41, 5.74) is 0.967. The van der Waals surface area contributed by atoms with Gasteiger partial charge in [0.1, 0.15) is 0 Å². The molecular formula is C18H21NO6. The largest absolute Gasteiger partial charge is 0.493 e. The lowest BCUT2D eigenvalue weighted by Gasteiger charge is -2.20. The van der Waals surface area contributed by atoms with Gasteiger partial charge in [-0.05, 0) is 36.6 Å². The van der Waals surface area contributed by atoms with Crippen LogP contribution in [0.15, 0.2) is 22.8 Å². The molecule has 0 radical (unpaired) electrons. The number of ether oxygens (including phenoxy) is 5. The number of carbonyl (C=O) groups is 1. The lowest BCUT2D eigenvalue weighted by molar-refractivity contribution is -0.130. The molecule has 2 aliphatic heterocycles. The molecule has 0 aliphatic carbocycles. The highest BCUT2D eigenvalue weighted by atomic mass is 16.6. The maximum absolute atomic E-state index is 12.1. The maximum atomic E-state index is 12.1. The van der Waals surface area contributed by atoms with Crippen molar-refractivity contribution in [1.29, 1.82) is 0 Å². The van der Waals surface area contributed by atoms with Crippen LogP contribution in [0.5, 0.6) is 17.2 Å². The summed E-state index contributed by atoms with van der Waals surface area (Å²) in [5, 5.41) is 0. The fraction of sp³-hybridized carbons (Fsp3) is 0.444. The van der Waals surface area contributed by atoms with Gasteiger partial charge >= 0.3 is 5.97 Å². The first-order valence-corrected chi connectivity index (χ1v) is 8.06. The van der Waals surface area contributed by atoms with E-state index >= 15 is 0 Å². The molecule has 0 atom stereocenters. The second-order valence-corrected chi connectivity index (χ2v) is 5.71. The minimum absolute atomic E-state index is 0.128. The van der Waals surface area contributed by atoms with E-state index in [0.29, 0.717) is 41.9 Å². The molecule has 1 fully saturated rings. The summed E-state index contributed by atoms with van der Waals surface area (Å²) in [6, 6.07) is 3.51. The van der Waals surface area contributed by atoms with Gasteiger partial charge in [0.15, 0.2) is 17.2 Å². The molecule has 134 valence electrons. The van der Waals surface area contributed by atoms with Gasteiger partial charge in [-0.1, -0.05) is 0 Å². The molecule has 7 nitrogen and oxygen atoms in total. The van der Waals surface area contributed by atoms with Gasteiger partial charge in [0.05, 0.1) is 21.3 Å². The number of cyclic esters (lactones) is 1. The molecule has 2 aliphatic rings. The van der Waals surface area contributed by atoms with Gasteiger partial charge in [0.25, 0.3) is 0 Å². The SMILES string of the molecule is COc1cc(/C=C2/N=C(C3CCOCC3)OC2=O)cc(OC)c1OC. The van der Waals surface area contributed by atoms with E-state index in [4.69, 9.17) is 23.7 Å². The summed E-state index contributed by atoms with van der Waals surface area (Å²) in [7, 11) is 4.62. The van der Waals surface area contributed by atoms with Crippen LogP contribution in [0.3, 0.4) is 0 Å². The van der Waals surface area contributed by atoms with Gasteiger partial charge in [-0.25, -0.2) is 9.79 Å². The van der Waals surface area contributed by atoms with Gasteiger partial charge in [0.2, 0.25) is 11.6 Å². The van der Waals surface area contributed by atoms with Crippen molar-refractivity contribution in [3.05, 3.63) is 23.4 Å². The molecule has 0 bridgehead atoms. The van der Waals surface area contributed by atoms with Crippen LogP contribution in [-0.4, -0.2) is 46.4 Å². The lowest BCUT2D eigenvalue weighted by atomic mass is 10.0. The van der Waals surface area contributed by atoms with Crippen molar-refractivity contribution < 1.29 is 28.5 Å². The zero-order chi connectivity index (χ0) is 17.8. The van der Waals surface area contributed by atoms with Crippen molar-refractivity contribution in [2.75, 3.05) is 34.5 Å². The second-order valence-electron chi connectivity index (χ2n) is 5.71. The Bertz CT molecular complexity index is 693. The number of nitrogens with zero attached hydrogens (tertiary/aromatic N) is 1. The number of hydrogen-bond acceptors (Lipinski definition) is 7. The first kappa shape index (κ1) is 17.3. The Labute approximate surface area is 146 Å². The Hall–Kier alpha value is -2.54. The summed E-state index contributed by atoms with van der Waals surface area (Å²) in [6.07, 6.45) is 3.27. The van der Waals surface area contributed by atoms with Gasteiger partial charge < -0.3 is 23.7 Å². The molecule has 1 aromatic carbocycles. The number of carbonyl (C=O) groups excluding carboxylic acids is 1. The first-order valence-electron chi connectivity index (χ1n) is 8.06. The third kappa shape index (κ3) is 3.61. The Morgan fingerprint density at radius 1 is 1.08 bits per heavy atom. The molecule has 25 heavy (non-hydrogen) atoms. The number of hydrogen-bond donors (Lipinski definition) is 0. The van der Waals surface area contributed by atoms with Crippen molar-refractivity contribution in [3.63, 3.8) is 0 Å². The normalized spacial score (nSPS) is 19.6. The standard InChI is InChI=1S/C18H21NO6/c1-21-14-9-11(10-15(22-2)16(14)23-3)8-13-18(20)25-17(19-13)12-4-6-24-7-5-12/h8-10,12H,4-7H2,1-3H3/b13-8+. The van der Waals surface area contributed by atoms with Crippen LogP contribution >= 0.6 is 0 Å². The average Bonchev–Trinajstić information content (AvgIpc) is 3.02. The third-order valence-electron chi connectivity index (χ3n) is 4.20. The fourth-order valence-corrected chi connectivity index (χ4v) is 2.89. The van der Waals surface area contributed by atoms with E-state index in [0.717, 1.165) is 12.8 Å². The third-order valence-corrected chi connectivity index (χ3v) is 4.20. The molecule has 0 N–H and O–H groups in total. The van der Waals surface area contributed by atoms with Crippen LogP contribution < -0.4 is 14.2 Å². The molecule has 0 unspecified atom stereocenters. The molecule has 3 rings (SSSR count). The summed E-state index contributed by atoms with van der Waals surface area (Å²) in [5.74, 6) is 1.67. The van der Waals surface area contributed by atoms with E-state index in [1.807, 2.05) is 0 Å². The Balaban J connectivity index is 1.91. The molecule has 0 amide bonds. The van der Waals surface area contributed by atoms with E-state index in [1.165, 1.54) is 7.11 Å². The van der Waals surface area contributed by atoms with Crippen molar-refractivity contribution in [1.82, 2.24) is 0 Å². The van der Waals surface area contributed by atoms with Crippen molar-refractivity contribution in [2.45, 2.75) is 12.8 Å². The molecule has 1 saturated heterocycles. The molecule has 2 heterocycles. The topological polar surface area (TPSA) is 75.6 Å². The predicted octanol–water partition coefficient (Wildman–Crippen LogP) is 2.44. The number of benzene rings is 1. The molecule has 0 aromatic heterocycles. The number of esters is 1. The molecular weight excluding hydrogens is 326 g/mol. The van der Waals surface area contributed by atoms with Gasteiger partial charge in [0, 0.05) is 19.1 Å². The summed E-state index contributed by atoms with van der Waals surface area (Å²) >= 11 is 0. The molecule has 0 spiro atoms. The highest BCUT2D eigenvalue weighted by Crippen LogP contribution is 2.39. The van der Waals surface area contributed by atoms with E-state index in [2.05, 4.69) is 4.99 Å². The van der Waals surface area contributed by atoms with Crippen LogP contribution in [-0.2, 0) is 14.3 Å². The van der Waals surface area contributed by atoms with Crippen LogP contribution in [0.1, 0.15) is 18.4 Å². The first-order chi connectivity index (χ1) is 12.2. The van der Waals surface area contributed by atoms with Crippen LogP contribution in [0.4, 0.5) is 0 Å². The van der Waals surface area contributed by atoms with E-state index in [9.17, 15) is 4.79 Å². The van der Waals surface area contributed by atoms with Crippen LogP contribution in [0, 0.1) is 5.92 Å². The molecule has 1 aromatic rings. The second kappa shape index (κ2) is 7.57. The monoisotopic (exact) mass is 347 g/mol. The quantitative estimate of drug-likeness (QED) is 0.601. The lowest BCUT2D eigenvalue weighted by Crippen LogP contribution is -2.24. The zero-order valence-electron chi connectivity index (χ0n) is 14.5. The van der Waals surface area contributed by atoms with E-state index < -0.39 is 5.97 Å². The molecule has 7 heteroatoms. The van der Waals surface area contributed by atoms with Gasteiger partial charge in [-0.15, -0.1) is 0 Å². The molecule has 0 saturated carbocycles. The summed E-state index contributed by atoms with van der Waals surface area (Å²) in [4.78, 5) is 16.5. The summed E-state index contributed by atoms with van der Waals surface area (Å²) in [6.45, 7) is 1.32. The predicted molar refractivity (Wildman–Crippen MR) is 91.1 cm³/mol. The average molecular weight is 347 g/mol. The zero-order valence-corrected chi connectivity index (χ0v) is 14.5. The minimum Gasteiger partial charge on any atom is -0.493 e. The van der Waals surface area contributed by atoms with Crippen molar-refractivity contribution in [3.8, 4) is 17.2 Å². The number of rotatable bonds is 5. The Morgan fingerprint density at radius 3 is 2.28 bits per heavy atom. The summed E-state index contributed by atoms with van der Waals surface area (Å²) < 4.78 is 26.6. The van der Waals surface area contributed by atoms with Crippen molar-refractivity contribution >= 4 is 17.9 Å². The van der Waals surface area contributed by atoms with Crippen LogP contribution in [0.2, 0.25) is 0 Å². The smallest absolute Gasteiger partial charge is 0.363 e. The number of aliphatic imine (C=N–C) groups is 1. The highest BCUT2D eigenvalue weighted by Gasteiger charge is 2.30. The Morgan fingerprint density at radius 2 is 1.72 bits per heavy atom. The highest BCUT2D eigenvalue weighted by molar-refractivity contribution is 6.07. The Kier molecular flexibility index (Phi) is 5.23.